The summed E-state index contributed by atoms with van der Waals surface area (Å²) in [6, 6.07) is 19.5. The van der Waals surface area contributed by atoms with Gasteiger partial charge in [-0.25, -0.2) is 0 Å². The fourth-order valence-corrected chi connectivity index (χ4v) is 4.96. The summed E-state index contributed by atoms with van der Waals surface area (Å²) in [5, 5.41) is 6.98. The maximum absolute atomic E-state index is 13.0. The molecule has 1 aromatic heterocycles. The number of amides is 1. The molecule has 0 radical (unpaired) electrons. The number of methoxy groups -OCH3 is 1. The molecule has 0 bridgehead atoms. The van der Waals surface area contributed by atoms with Gasteiger partial charge < -0.3 is 24.2 Å². The van der Waals surface area contributed by atoms with Crippen molar-refractivity contribution in [3.05, 3.63) is 77.7 Å². The molecule has 8 heteroatoms. The van der Waals surface area contributed by atoms with E-state index in [0.29, 0.717) is 47.1 Å². The van der Waals surface area contributed by atoms with Crippen molar-refractivity contribution in [2.24, 2.45) is 0 Å². The van der Waals surface area contributed by atoms with E-state index >= 15 is 0 Å². The second kappa shape index (κ2) is 11.7. The van der Waals surface area contributed by atoms with Crippen LogP contribution in [0.3, 0.4) is 0 Å². The van der Waals surface area contributed by atoms with E-state index in [0.717, 1.165) is 35.2 Å². The van der Waals surface area contributed by atoms with Gasteiger partial charge in [0, 0.05) is 35.8 Å². The lowest BCUT2D eigenvalue weighted by Crippen LogP contribution is -2.40. The smallest absolute Gasteiger partial charge is 0.255 e. The molecule has 1 atom stereocenters. The second-order valence-corrected chi connectivity index (χ2v) is 10.0. The molecule has 4 aromatic rings. The van der Waals surface area contributed by atoms with E-state index in [4.69, 9.17) is 14.0 Å². The maximum atomic E-state index is 13.0. The highest BCUT2D eigenvalue weighted by Gasteiger charge is 2.20. The average molecular weight is 527 g/mol. The molecule has 0 aliphatic carbocycles. The number of hydrogen-bond acceptors (Lipinski definition) is 7. The number of piperidine rings is 1. The zero-order valence-corrected chi connectivity index (χ0v) is 22.9. The van der Waals surface area contributed by atoms with Crippen LogP contribution < -0.4 is 14.8 Å². The van der Waals surface area contributed by atoms with Gasteiger partial charge in [-0.3, -0.25) is 4.79 Å². The minimum absolute atomic E-state index is 0.191. The Morgan fingerprint density at radius 2 is 1.82 bits per heavy atom. The fourth-order valence-electron chi connectivity index (χ4n) is 4.96. The first-order chi connectivity index (χ1) is 18.9. The molecule has 1 aliphatic heterocycles. The van der Waals surface area contributed by atoms with Gasteiger partial charge in [0.2, 0.25) is 11.7 Å². The Balaban J connectivity index is 1.26. The van der Waals surface area contributed by atoms with Crippen molar-refractivity contribution in [2.45, 2.75) is 39.2 Å². The Morgan fingerprint density at radius 3 is 2.51 bits per heavy atom. The molecule has 1 unspecified atom stereocenters. The van der Waals surface area contributed by atoms with Crippen molar-refractivity contribution in [1.82, 2.24) is 15.0 Å². The van der Waals surface area contributed by atoms with Gasteiger partial charge in [0.05, 0.1) is 7.11 Å². The number of carbonyl (C=O) groups excluding carboxylic acids is 1. The van der Waals surface area contributed by atoms with Crippen molar-refractivity contribution in [2.75, 3.05) is 32.6 Å². The third kappa shape index (κ3) is 6.12. The lowest BCUT2D eigenvalue weighted by atomic mass is 9.97. The van der Waals surface area contributed by atoms with Gasteiger partial charge in [-0.2, -0.15) is 4.98 Å². The van der Waals surface area contributed by atoms with E-state index in [1.807, 2.05) is 67.6 Å². The van der Waals surface area contributed by atoms with Gasteiger partial charge in [0.1, 0.15) is 6.61 Å². The molecule has 5 rings (SSSR count). The van der Waals surface area contributed by atoms with Crippen LogP contribution in [0, 0.1) is 13.8 Å². The molecule has 1 saturated heterocycles. The zero-order chi connectivity index (χ0) is 27.4. The third-order valence-electron chi connectivity index (χ3n) is 7.24. The van der Waals surface area contributed by atoms with Crippen molar-refractivity contribution < 1.29 is 18.8 Å². The van der Waals surface area contributed by atoms with Crippen molar-refractivity contribution in [3.8, 4) is 34.0 Å². The largest absolute Gasteiger partial charge is 0.493 e. The van der Waals surface area contributed by atoms with Crippen LogP contribution in [0.25, 0.3) is 22.5 Å². The number of hydrogen-bond donors (Lipinski definition) is 1. The molecule has 1 N–H and O–H groups in total. The van der Waals surface area contributed by atoms with E-state index in [1.54, 1.807) is 14.0 Å². The summed E-state index contributed by atoms with van der Waals surface area (Å²) in [6.45, 7) is 5.49. The molecule has 1 fully saturated rings. The summed E-state index contributed by atoms with van der Waals surface area (Å²) in [7, 11) is 3.76. The highest BCUT2D eigenvalue weighted by Crippen LogP contribution is 2.32. The van der Waals surface area contributed by atoms with E-state index in [1.165, 1.54) is 12.8 Å². The molecule has 1 amide bonds. The number of rotatable bonds is 8. The Morgan fingerprint density at radius 1 is 1.03 bits per heavy atom. The van der Waals surface area contributed by atoms with Gasteiger partial charge in [-0.05, 0) is 80.4 Å². The number of benzene rings is 3. The van der Waals surface area contributed by atoms with Crippen LogP contribution in [0.5, 0.6) is 11.5 Å². The van der Waals surface area contributed by atoms with Crippen LogP contribution >= 0.6 is 0 Å². The maximum Gasteiger partial charge on any atom is 0.255 e. The summed E-state index contributed by atoms with van der Waals surface area (Å²) >= 11 is 0. The summed E-state index contributed by atoms with van der Waals surface area (Å²) in [4.78, 5) is 19.7. The van der Waals surface area contributed by atoms with E-state index < -0.39 is 0 Å². The van der Waals surface area contributed by atoms with Crippen LogP contribution in [0.15, 0.2) is 65.2 Å². The first-order valence-corrected chi connectivity index (χ1v) is 13.3. The number of nitrogens with one attached hydrogen (secondary N) is 1. The zero-order valence-electron chi connectivity index (χ0n) is 22.9. The molecule has 3 aromatic carbocycles. The minimum Gasteiger partial charge on any atom is -0.493 e. The van der Waals surface area contributed by atoms with Crippen molar-refractivity contribution in [1.29, 1.82) is 0 Å². The monoisotopic (exact) mass is 526 g/mol. The number of aromatic nitrogens is 2. The van der Waals surface area contributed by atoms with E-state index in [2.05, 4.69) is 27.4 Å². The van der Waals surface area contributed by atoms with Crippen LogP contribution in [-0.4, -0.2) is 54.3 Å². The van der Waals surface area contributed by atoms with Gasteiger partial charge >= 0.3 is 0 Å². The first kappa shape index (κ1) is 26.4. The Bertz CT molecular complexity index is 1450. The molecule has 0 spiro atoms. The predicted octanol–water partition coefficient (Wildman–Crippen LogP) is 6.14. The van der Waals surface area contributed by atoms with Gasteiger partial charge in [0.15, 0.2) is 11.5 Å². The highest BCUT2D eigenvalue weighted by molar-refractivity contribution is 6.04. The SMILES string of the molecule is COc1ccc(NC(=O)c2ccc(-c3ccc(-c4noc(C)n4)cc3C)cc2)cc1OCC1CCCCN1C. The summed E-state index contributed by atoms with van der Waals surface area (Å²) < 4.78 is 16.7. The normalized spacial score (nSPS) is 15.6. The number of likely N-dealkylation sites (tertiary alicyclic amines) is 1. The topological polar surface area (TPSA) is 89.7 Å². The van der Waals surface area contributed by atoms with E-state index in [-0.39, 0.29) is 5.91 Å². The average Bonchev–Trinajstić information content (AvgIpc) is 3.39. The van der Waals surface area contributed by atoms with Crippen molar-refractivity contribution >= 4 is 11.6 Å². The number of anilines is 1. The van der Waals surface area contributed by atoms with E-state index in [9.17, 15) is 4.79 Å². The first-order valence-electron chi connectivity index (χ1n) is 13.3. The van der Waals surface area contributed by atoms with Gasteiger partial charge in [-0.15, -0.1) is 0 Å². The van der Waals surface area contributed by atoms with Gasteiger partial charge in [0.25, 0.3) is 5.91 Å². The number of ether oxygens (including phenoxy) is 2. The predicted molar refractivity (Wildman–Crippen MR) is 151 cm³/mol. The Labute approximate surface area is 228 Å². The van der Waals surface area contributed by atoms with Crippen molar-refractivity contribution in [3.63, 3.8) is 0 Å². The molecule has 202 valence electrons. The Kier molecular flexibility index (Phi) is 7.93. The molecule has 1 aliphatic rings. The fraction of sp³-hybridized carbons (Fsp3) is 0.323. The molecular formula is C31H34N4O4. The summed E-state index contributed by atoms with van der Waals surface area (Å²) in [6.07, 6.45) is 3.56. The number of aryl methyl sites for hydroxylation is 2. The van der Waals surface area contributed by atoms with Crippen LogP contribution in [0.4, 0.5) is 5.69 Å². The second-order valence-electron chi connectivity index (χ2n) is 10.0. The molecule has 8 nitrogen and oxygen atoms in total. The van der Waals surface area contributed by atoms with Crippen LogP contribution in [0.2, 0.25) is 0 Å². The number of nitrogens with zero attached hydrogens (tertiary/aromatic N) is 3. The molecular weight excluding hydrogens is 492 g/mol. The van der Waals surface area contributed by atoms with Crippen LogP contribution in [-0.2, 0) is 0 Å². The van der Waals surface area contributed by atoms with Gasteiger partial charge in [-0.1, -0.05) is 35.8 Å². The lowest BCUT2D eigenvalue weighted by molar-refractivity contribution is 0.102. The third-order valence-corrected chi connectivity index (χ3v) is 7.24. The molecule has 2 heterocycles. The molecule has 0 saturated carbocycles. The lowest BCUT2D eigenvalue weighted by Gasteiger charge is -2.32. The highest BCUT2D eigenvalue weighted by atomic mass is 16.5. The summed E-state index contributed by atoms with van der Waals surface area (Å²) in [5.41, 5.74) is 5.30. The number of likely N-dealkylation sites (N-methyl/N-ethyl adjacent to an activating group) is 1. The number of carbonyl (C=O) groups is 1. The minimum atomic E-state index is -0.191. The molecule has 39 heavy (non-hydrogen) atoms. The summed E-state index contributed by atoms with van der Waals surface area (Å²) in [5.74, 6) is 2.18. The quantitative estimate of drug-likeness (QED) is 0.295. The Hall–Kier alpha value is -4.17. The standard InChI is InChI=1S/C31H34N4O4/c1-20-17-24(30-32-21(2)39-34-30)12-14-27(20)22-8-10-23(11-9-22)31(36)33-25-13-15-28(37-4)29(18-25)38-19-26-7-5-6-16-35(26)3/h8-15,17-18,26H,5-7,16,19H2,1-4H3,(H,33,36). The van der Waals surface area contributed by atoms with Crippen LogP contribution in [0.1, 0.15) is 41.1 Å².